The van der Waals surface area contributed by atoms with Crippen LogP contribution in [0.5, 0.6) is 0 Å². The van der Waals surface area contributed by atoms with Gasteiger partial charge in [-0.3, -0.25) is 9.59 Å². The third-order valence-corrected chi connectivity index (χ3v) is 2.88. The van der Waals surface area contributed by atoms with Gasteiger partial charge in [0.05, 0.1) is 11.7 Å². The van der Waals surface area contributed by atoms with Gasteiger partial charge < -0.3 is 16.2 Å². The maximum absolute atomic E-state index is 11.6. The number of carbonyl (C=O) groups is 2. The fourth-order valence-corrected chi connectivity index (χ4v) is 1.69. The van der Waals surface area contributed by atoms with Gasteiger partial charge in [0.2, 0.25) is 5.91 Å². The van der Waals surface area contributed by atoms with Gasteiger partial charge in [0.15, 0.2) is 0 Å². The van der Waals surface area contributed by atoms with Crippen molar-refractivity contribution in [2.45, 2.75) is 31.1 Å². The van der Waals surface area contributed by atoms with Crippen LogP contribution in [0.2, 0.25) is 0 Å². The summed E-state index contributed by atoms with van der Waals surface area (Å²) in [7, 11) is 0. The molecule has 0 aromatic rings. The fourth-order valence-electron chi connectivity index (χ4n) is 1.10. The van der Waals surface area contributed by atoms with Crippen molar-refractivity contribution >= 4 is 23.6 Å². The molecule has 0 spiro atoms. The number of nitrogens with two attached hydrogens (primary N) is 1. The average Bonchev–Trinajstić information content (AvgIpc) is 2.13. The Hall–Kier alpha value is -0.750. The van der Waals surface area contributed by atoms with Gasteiger partial charge in [0.25, 0.3) is 0 Å². The summed E-state index contributed by atoms with van der Waals surface area (Å²) in [6.07, 6.45) is 2.27. The highest BCUT2D eigenvalue weighted by atomic mass is 32.2. The highest BCUT2D eigenvalue weighted by Gasteiger charge is 2.21. The number of carboxylic acid groups (broad SMARTS) is 1. The molecule has 2 atom stereocenters. The first kappa shape index (κ1) is 14.2. The van der Waals surface area contributed by atoms with E-state index in [-0.39, 0.29) is 18.4 Å². The summed E-state index contributed by atoms with van der Waals surface area (Å²) in [6.45, 7) is 2.35. The van der Waals surface area contributed by atoms with Crippen molar-refractivity contribution in [1.82, 2.24) is 5.32 Å². The molecule has 0 aliphatic rings. The summed E-state index contributed by atoms with van der Waals surface area (Å²) < 4.78 is 0. The van der Waals surface area contributed by atoms with Crippen LogP contribution in [0, 0.1) is 0 Å². The highest BCUT2D eigenvalue weighted by Crippen LogP contribution is 2.11. The summed E-state index contributed by atoms with van der Waals surface area (Å²) in [5, 5.41) is 10.8. The van der Waals surface area contributed by atoms with E-state index >= 15 is 0 Å². The van der Waals surface area contributed by atoms with E-state index in [1.54, 1.807) is 6.26 Å². The molecule has 0 aliphatic heterocycles. The van der Waals surface area contributed by atoms with E-state index in [2.05, 4.69) is 5.32 Å². The third-order valence-electron chi connectivity index (χ3n) is 1.93. The summed E-state index contributed by atoms with van der Waals surface area (Å²) in [6, 6.07) is -0.00838. The second-order valence-electron chi connectivity index (χ2n) is 3.31. The average molecular weight is 234 g/mol. The van der Waals surface area contributed by atoms with Crippen LogP contribution in [0.25, 0.3) is 0 Å². The fraction of sp³-hybridized carbons (Fsp3) is 0.778. The minimum Gasteiger partial charge on any atom is -0.481 e. The minimum absolute atomic E-state index is 0.00838. The van der Waals surface area contributed by atoms with Crippen molar-refractivity contribution in [2.75, 3.05) is 12.8 Å². The molecule has 0 aromatic carbocycles. The summed E-state index contributed by atoms with van der Waals surface area (Å²) >= 11 is 1.24. The van der Waals surface area contributed by atoms with Gasteiger partial charge in [-0.25, -0.2) is 0 Å². The molecular formula is C9H18N2O3S. The van der Waals surface area contributed by atoms with Crippen molar-refractivity contribution in [2.24, 2.45) is 5.73 Å². The number of carboxylic acids is 1. The van der Waals surface area contributed by atoms with Gasteiger partial charge in [-0.15, -0.1) is 0 Å². The Labute approximate surface area is 93.8 Å². The van der Waals surface area contributed by atoms with Gasteiger partial charge >= 0.3 is 5.97 Å². The summed E-state index contributed by atoms with van der Waals surface area (Å²) in [5.41, 5.74) is 5.34. The van der Waals surface area contributed by atoms with Crippen LogP contribution >= 0.6 is 11.8 Å². The van der Waals surface area contributed by atoms with Crippen LogP contribution in [-0.2, 0) is 9.59 Å². The maximum atomic E-state index is 11.6. The Morgan fingerprint density at radius 1 is 1.53 bits per heavy atom. The zero-order chi connectivity index (χ0) is 11.8. The van der Waals surface area contributed by atoms with Crippen LogP contribution in [0.1, 0.15) is 19.8 Å². The van der Waals surface area contributed by atoms with E-state index in [9.17, 15) is 9.59 Å². The number of amides is 1. The molecule has 5 nitrogen and oxygen atoms in total. The standard InChI is InChI=1S/C9H18N2O3S/c1-6(3-4-10)11-9(14)7(15-2)5-8(12)13/h6-7H,3-5,10H2,1-2H3,(H,11,14)(H,12,13). The Kier molecular flexibility index (Phi) is 7.15. The zero-order valence-electron chi connectivity index (χ0n) is 9.03. The molecule has 4 N–H and O–H groups in total. The number of rotatable bonds is 7. The molecule has 1 amide bonds. The Morgan fingerprint density at radius 2 is 2.13 bits per heavy atom. The Bertz CT molecular complexity index is 223. The molecule has 0 rings (SSSR count). The smallest absolute Gasteiger partial charge is 0.305 e. The first-order valence-corrected chi connectivity index (χ1v) is 6.05. The second kappa shape index (κ2) is 7.53. The lowest BCUT2D eigenvalue weighted by atomic mass is 10.2. The SMILES string of the molecule is CSC(CC(=O)O)C(=O)NC(C)CCN. The number of aliphatic carboxylic acids is 1. The second-order valence-corrected chi connectivity index (χ2v) is 4.35. The Balaban J connectivity index is 4.09. The molecule has 0 heterocycles. The molecule has 0 radical (unpaired) electrons. The van der Waals surface area contributed by atoms with E-state index in [0.29, 0.717) is 13.0 Å². The molecule has 0 fully saturated rings. The first-order valence-electron chi connectivity index (χ1n) is 4.76. The Morgan fingerprint density at radius 3 is 2.53 bits per heavy atom. The number of hydrogen-bond acceptors (Lipinski definition) is 4. The van der Waals surface area contributed by atoms with E-state index in [1.807, 2.05) is 6.92 Å². The van der Waals surface area contributed by atoms with Crippen molar-refractivity contribution < 1.29 is 14.7 Å². The van der Waals surface area contributed by atoms with E-state index in [4.69, 9.17) is 10.8 Å². The van der Waals surface area contributed by atoms with Crippen molar-refractivity contribution in [3.8, 4) is 0 Å². The van der Waals surface area contributed by atoms with Crippen LogP contribution in [0.15, 0.2) is 0 Å². The predicted octanol–water partition coefficient (Wildman–Crippen LogP) is 0.0462. The topological polar surface area (TPSA) is 92.4 Å². The molecule has 2 unspecified atom stereocenters. The largest absolute Gasteiger partial charge is 0.481 e. The van der Waals surface area contributed by atoms with Crippen LogP contribution < -0.4 is 11.1 Å². The summed E-state index contributed by atoms with van der Waals surface area (Å²) in [5.74, 6) is -1.19. The van der Waals surface area contributed by atoms with Gasteiger partial charge in [0.1, 0.15) is 0 Å². The molecule has 0 saturated heterocycles. The van der Waals surface area contributed by atoms with Gasteiger partial charge in [-0.1, -0.05) is 0 Å². The molecule has 6 heteroatoms. The van der Waals surface area contributed by atoms with E-state index < -0.39 is 11.2 Å². The molecule has 0 saturated carbocycles. The van der Waals surface area contributed by atoms with Crippen LogP contribution in [0.3, 0.4) is 0 Å². The van der Waals surface area contributed by atoms with Crippen molar-refractivity contribution in [1.29, 1.82) is 0 Å². The number of nitrogens with one attached hydrogen (secondary N) is 1. The van der Waals surface area contributed by atoms with E-state index in [0.717, 1.165) is 0 Å². The number of carbonyl (C=O) groups excluding carboxylic acids is 1. The maximum Gasteiger partial charge on any atom is 0.305 e. The normalized spacial score (nSPS) is 14.3. The monoisotopic (exact) mass is 234 g/mol. The van der Waals surface area contributed by atoms with Crippen molar-refractivity contribution in [3.05, 3.63) is 0 Å². The lowest BCUT2D eigenvalue weighted by Gasteiger charge is -2.17. The van der Waals surface area contributed by atoms with Gasteiger partial charge in [-0.2, -0.15) is 11.8 Å². The molecule has 0 aromatic heterocycles. The molecule has 15 heavy (non-hydrogen) atoms. The number of hydrogen-bond donors (Lipinski definition) is 3. The quantitative estimate of drug-likeness (QED) is 0.578. The molecule has 0 bridgehead atoms. The van der Waals surface area contributed by atoms with E-state index in [1.165, 1.54) is 11.8 Å². The van der Waals surface area contributed by atoms with Crippen LogP contribution in [-0.4, -0.2) is 41.1 Å². The van der Waals surface area contributed by atoms with Gasteiger partial charge in [-0.05, 0) is 26.1 Å². The van der Waals surface area contributed by atoms with Gasteiger partial charge in [0, 0.05) is 6.04 Å². The summed E-state index contributed by atoms with van der Waals surface area (Å²) in [4.78, 5) is 22.0. The number of thioether (sulfide) groups is 1. The molecule has 88 valence electrons. The highest BCUT2D eigenvalue weighted by molar-refractivity contribution is 7.99. The predicted molar refractivity (Wildman–Crippen MR) is 60.8 cm³/mol. The lowest BCUT2D eigenvalue weighted by Crippen LogP contribution is -2.40. The van der Waals surface area contributed by atoms with Crippen molar-refractivity contribution in [3.63, 3.8) is 0 Å². The molecule has 0 aliphatic carbocycles. The molecular weight excluding hydrogens is 216 g/mol. The van der Waals surface area contributed by atoms with Crippen LogP contribution in [0.4, 0.5) is 0 Å². The third kappa shape index (κ3) is 6.35. The minimum atomic E-state index is -0.962. The zero-order valence-corrected chi connectivity index (χ0v) is 9.84. The lowest BCUT2D eigenvalue weighted by molar-refractivity contribution is -0.138. The first-order chi connectivity index (χ1) is 7.01.